The fourth-order valence-corrected chi connectivity index (χ4v) is 4.55. The highest BCUT2D eigenvalue weighted by Crippen LogP contribution is 2.31. The van der Waals surface area contributed by atoms with Crippen molar-refractivity contribution in [3.63, 3.8) is 0 Å². The van der Waals surface area contributed by atoms with Gasteiger partial charge in [0.1, 0.15) is 4.83 Å². The number of thioether (sulfide) groups is 1. The smallest absolute Gasteiger partial charge is 0.260 e. The molecule has 0 radical (unpaired) electrons. The Hall–Kier alpha value is -1.34. The Labute approximate surface area is 163 Å². The summed E-state index contributed by atoms with van der Waals surface area (Å²) in [4.78, 5) is 34.2. The number of nitrogens with one attached hydrogen (secondary N) is 2. The van der Waals surface area contributed by atoms with Crippen molar-refractivity contribution in [1.82, 2.24) is 15.3 Å². The lowest BCUT2D eigenvalue weighted by Crippen LogP contribution is -2.33. The second-order valence-corrected chi connectivity index (χ2v) is 9.84. The molecular formula is C19H29N3O2S2. The summed E-state index contributed by atoms with van der Waals surface area (Å²) in [5.41, 5.74) is 1.02. The van der Waals surface area contributed by atoms with E-state index >= 15 is 0 Å². The molecule has 0 aliphatic carbocycles. The van der Waals surface area contributed by atoms with Gasteiger partial charge in [0.15, 0.2) is 5.16 Å². The average Bonchev–Trinajstić information content (AvgIpc) is 2.88. The number of hydrogen-bond acceptors (Lipinski definition) is 5. The fourth-order valence-electron chi connectivity index (χ4n) is 2.62. The molecule has 0 saturated heterocycles. The van der Waals surface area contributed by atoms with E-state index < -0.39 is 0 Å². The third-order valence-electron chi connectivity index (χ3n) is 4.43. The molecule has 0 aliphatic heterocycles. The van der Waals surface area contributed by atoms with Crippen molar-refractivity contribution in [3.05, 3.63) is 20.8 Å². The lowest BCUT2D eigenvalue weighted by Gasteiger charge is -2.12. The molecule has 7 heteroatoms. The minimum absolute atomic E-state index is 0.0359. The summed E-state index contributed by atoms with van der Waals surface area (Å²) in [7, 11) is 0. The van der Waals surface area contributed by atoms with E-state index in [-0.39, 0.29) is 16.7 Å². The van der Waals surface area contributed by atoms with Crippen LogP contribution in [-0.2, 0) is 11.2 Å². The molecule has 2 unspecified atom stereocenters. The molecule has 2 rings (SSSR count). The Morgan fingerprint density at radius 3 is 2.62 bits per heavy atom. The summed E-state index contributed by atoms with van der Waals surface area (Å²) >= 11 is 2.86. The van der Waals surface area contributed by atoms with Gasteiger partial charge in [-0.15, -0.1) is 11.3 Å². The molecule has 2 atom stereocenters. The Morgan fingerprint density at radius 1 is 1.31 bits per heavy atom. The first-order valence-electron chi connectivity index (χ1n) is 9.19. The Morgan fingerprint density at radius 2 is 2.00 bits per heavy atom. The predicted octanol–water partition coefficient (Wildman–Crippen LogP) is 4.13. The number of H-pyrrole nitrogens is 1. The molecule has 2 aromatic rings. The number of rotatable bonds is 8. The topological polar surface area (TPSA) is 74.8 Å². The molecule has 26 heavy (non-hydrogen) atoms. The van der Waals surface area contributed by atoms with E-state index in [0.29, 0.717) is 28.9 Å². The van der Waals surface area contributed by atoms with Crippen LogP contribution in [0.1, 0.15) is 51.5 Å². The molecule has 0 saturated carbocycles. The van der Waals surface area contributed by atoms with Crippen LogP contribution in [-0.4, -0.2) is 27.7 Å². The van der Waals surface area contributed by atoms with Gasteiger partial charge >= 0.3 is 0 Å². The first-order chi connectivity index (χ1) is 12.2. The van der Waals surface area contributed by atoms with Crippen LogP contribution in [0.3, 0.4) is 0 Å². The zero-order valence-electron chi connectivity index (χ0n) is 16.4. The van der Waals surface area contributed by atoms with Gasteiger partial charge in [-0.3, -0.25) is 9.59 Å². The molecule has 144 valence electrons. The summed E-state index contributed by atoms with van der Waals surface area (Å²) in [6, 6.07) is 0. The van der Waals surface area contributed by atoms with Crippen LogP contribution in [0.25, 0.3) is 10.2 Å². The monoisotopic (exact) mass is 395 g/mol. The second-order valence-electron chi connectivity index (χ2n) is 7.30. The van der Waals surface area contributed by atoms with Gasteiger partial charge in [-0.25, -0.2) is 4.98 Å². The van der Waals surface area contributed by atoms with E-state index in [9.17, 15) is 9.59 Å². The van der Waals surface area contributed by atoms with Crippen molar-refractivity contribution in [2.75, 3.05) is 6.54 Å². The van der Waals surface area contributed by atoms with E-state index in [1.54, 1.807) is 11.3 Å². The molecule has 0 aromatic carbocycles. The van der Waals surface area contributed by atoms with Gasteiger partial charge in [-0.1, -0.05) is 45.9 Å². The first-order valence-corrected chi connectivity index (χ1v) is 10.9. The zero-order chi connectivity index (χ0) is 19.4. The summed E-state index contributed by atoms with van der Waals surface area (Å²) in [5, 5.41) is 3.83. The van der Waals surface area contributed by atoms with E-state index in [0.717, 1.165) is 28.1 Å². The van der Waals surface area contributed by atoms with Crippen LogP contribution < -0.4 is 10.9 Å². The number of thiophene rings is 1. The second kappa shape index (κ2) is 9.04. The minimum Gasteiger partial charge on any atom is -0.355 e. The molecule has 0 bridgehead atoms. The third kappa shape index (κ3) is 5.10. The maximum atomic E-state index is 12.7. The molecule has 0 fully saturated rings. The maximum Gasteiger partial charge on any atom is 0.260 e. The Bertz CT molecular complexity index is 826. The normalized spacial score (nSPS) is 14.0. The van der Waals surface area contributed by atoms with Crippen LogP contribution in [0.15, 0.2) is 9.95 Å². The molecule has 2 N–H and O–H groups in total. The van der Waals surface area contributed by atoms with E-state index in [1.165, 1.54) is 11.8 Å². The summed E-state index contributed by atoms with van der Waals surface area (Å²) in [5.74, 6) is 0.902. The SMILES string of the molecule is CCC(C)Cc1c(C)sc2nc(SC(C)C(=O)NCC(C)C)[nH]c(=O)c12. The van der Waals surface area contributed by atoms with Gasteiger partial charge < -0.3 is 10.3 Å². The largest absolute Gasteiger partial charge is 0.355 e. The van der Waals surface area contributed by atoms with Crippen molar-refractivity contribution >= 4 is 39.2 Å². The number of carbonyl (C=O) groups is 1. The van der Waals surface area contributed by atoms with Crippen LogP contribution in [0, 0.1) is 18.8 Å². The van der Waals surface area contributed by atoms with E-state index in [2.05, 4.69) is 49.9 Å². The molecule has 1 amide bonds. The number of carbonyl (C=O) groups excluding carboxylic acids is 1. The van der Waals surface area contributed by atoms with Crippen molar-refractivity contribution in [1.29, 1.82) is 0 Å². The Balaban J connectivity index is 2.23. The van der Waals surface area contributed by atoms with Crippen molar-refractivity contribution < 1.29 is 4.79 Å². The number of hydrogen-bond donors (Lipinski definition) is 2. The highest BCUT2D eigenvalue weighted by atomic mass is 32.2. The number of fused-ring (bicyclic) bond motifs is 1. The lowest BCUT2D eigenvalue weighted by molar-refractivity contribution is -0.120. The lowest BCUT2D eigenvalue weighted by atomic mass is 9.98. The number of amides is 1. The summed E-state index contributed by atoms with van der Waals surface area (Å²) in [6.07, 6.45) is 1.98. The van der Waals surface area contributed by atoms with Gasteiger partial charge in [0.05, 0.1) is 10.6 Å². The first kappa shape index (κ1) is 21.0. The van der Waals surface area contributed by atoms with Crippen LogP contribution >= 0.6 is 23.1 Å². The van der Waals surface area contributed by atoms with Crippen LogP contribution in [0.4, 0.5) is 0 Å². The maximum absolute atomic E-state index is 12.7. The third-order valence-corrected chi connectivity index (χ3v) is 6.46. The highest BCUT2D eigenvalue weighted by molar-refractivity contribution is 8.00. The molecule has 0 spiro atoms. The number of aromatic amines is 1. The number of aromatic nitrogens is 2. The fraction of sp³-hybridized carbons (Fsp3) is 0.632. The summed E-state index contributed by atoms with van der Waals surface area (Å²) < 4.78 is 0. The standard InChI is InChI=1S/C19H29N3O2S2/c1-7-11(4)8-14-12(5)25-18-15(14)17(24)21-19(22-18)26-13(6)16(23)20-9-10(2)3/h10-11,13H,7-9H2,1-6H3,(H,20,23)(H,21,22,24). The predicted molar refractivity (Wildman–Crippen MR) is 111 cm³/mol. The number of nitrogens with zero attached hydrogens (tertiary/aromatic N) is 1. The minimum atomic E-state index is -0.310. The highest BCUT2D eigenvalue weighted by Gasteiger charge is 2.20. The molecular weight excluding hydrogens is 366 g/mol. The van der Waals surface area contributed by atoms with Gasteiger partial charge in [-0.05, 0) is 37.7 Å². The van der Waals surface area contributed by atoms with Gasteiger partial charge in [0, 0.05) is 11.4 Å². The van der Waals surface area contributed by atoms with Crippen LogP contribution in [0.5, 0.6) is 0 Å². The van der Waals surface area contributed by atoms with Gasteiger partial charge in [0.25, 0.3) is 5.56 Å². The zero-order valence-corrected chi connectivity index (χ0v) is 18.1. The van der Waals surface area contributed by atoms with Crippen molar-refractivity contribution in [3.8, 4) is 0 Å². The molecule has 2 heterocycles. The molecule has 0 aliphatic rings. The van der Waals surface area contributed by atoms with Crippen molar-refractivity contribution in [2.24, 2.45) is 11.8 Å². The summed E-state index contributed by atoms with van der Waals surface area (Å²) in [6.45, 7) is 13.0. The van der Waals surface area contributed by atoms with E-state index in [4.69, 9.17) is 0 Å². The average molecular weight is 396 g/mol. The number of aryl methyl sites for hydroxylation is 1. The van der Waals surface area contributed by atoms with Crippen LogP contribution in [0.2, 0.25) is 0 Å². The van der Waals surface area contributed by atoms with Crippen molar-refractivity contribution in [2.45, 2.75) is 64.8 Å². The van der Waals surface area contributed by atoms with Gasteiger partial charge in [-0.2, -0.15) is 0 Å². The molecule has 5 nitrogen and oxygen atoms in total. The Kier molecular flexibility index (Phi) is 7.29. The quantitative estimate of drug-likeness (QED) is 0.520. The van der Waals surface area contributed by atoms with E-state index in [1.807, 2.05) is 6.92 Å². The van der Waals surface area contributed by atoms with Gasteiger partial charge in [0.2, 0.25) is 5.91 Å². The molecule has 2 aromatic heterocycles.